The molecule has 70 heavy (non-hydrogen) atoms. The van der Waals surface area contributed by atoms with E-state index < -0.39 is 89.6 Å². The van der Waals surface area contributed by atoms with Crippen molar-refractivity contribution in [2.75, 3.05) is 63.4 Å². The first kappa shape index (κ1) is 57.5. The van der Waals surface area contributed by atoms with Gasteiger partial charge in [0.05, 0.1) is 48.9 Å². The summed E-state index contributed by atoms with van der Waals surface area (Å²) in [5.74, 6) is -1.48. The van der Waals surface area contributed by atoms with Gasteiger partial charge in [-0.25, -0.2) is 19.1 Å². The minimum absolute atomic E-state index is 0.0379. The van der Waals surface area contributed by atoms with Gasteiger partial charge >= 0.3 is 15.6 Å². The van der Waals surface area contributed by atoms with Crippen molar-refractivity contribution in [2.45, 2.75) is 102 Å². The number of halogens is 2. The van der Waals surface area contributed by atoms with E-state index in [1.54, 1.807) is 13.8 Å². The molecule has 2 saturated heterocycles. The second-order valence-corrected chi connectivity index (χ2v) is 21.3. The van der Waals surface area contributed by atoms with Gasteiger partial charge in [0.1, 0.15) is 29.8 Å². The quantitative estimate of drug-likeness (QED) is 0.0538. The van der Waals surface area contributed by atoms with Crippen molar-refractivity contribution in [1.29, 1.82) is 0 Å². The maximum absolute atomic E-state index is 13.1. The molecule has 6 heterocycles. The van der Waals surface area contributed by atoms with Crippen LogP contribution in [0.4, 0.5) is 10.3 Å². The van der Waals surface area contributed by atoms with Crippen LogP contribution >= 0.6 is 61.5 Å². The third kappa shape index (κ3) is 14.4. The third-order valence-corrected chi connectivity index (χ3v) is 15.1. The van der Waals surface area contributed by atoms with E-state index in [4.69, 9.17) is 52.2 Å². The van der Waals surface area contributed by atoms with Crippen LogP contribution in [0.5, 0.6) is 0 Å². The molecule has 0 unspecified atom stereocenters. The van der Waals surface area contributed by atoms with Crippen LogP contribution in [0.15, 0.2) is 0 Å². The summed E-state index contributed by atoms with van der Waals surface area (Å²) in [7, 11) is -6.57. The lowest BCUT2D eigenvalue weighted by Gasteiger charge is -2.37. The number of aliphatic hydroxyl groups excluding tert-OH is 2. The molecule has 2 amide bonds. The number of aromatic nitrogens is 8. The van der Waals surface area contributed by atoms with Crippen LogP contribution in [0.25, 0.3) is 0 Å². The van der Waals surface area contributed by atoms with Crippen LogP contribution in [0, 0.1) is 0 Å². The molecule has 10 N–H and O–H groups in total. The van der Waals surface area contributed by atoms with E-state index in [0.29, 0.717) is 73.5 Å². The van der Waals surface area contributed by atoms with Crippen molar-refractivity contribution in [3.05, 3.63) is 43.4 Å². The van der Waals surface area contributed by atoms with Gasteiger partial charge in [-0.3, -0.25) is 27.8 Å². The first-order valence-electron chi connectivity index (χ1n) is 21.2. The molecule has 392 valence electrons. The summed E-state index contributed by atoms with van der Waals surface area (Å²) in [6, 6.07) is -0.818. The molecular formula is C36H56Cl2N12O16P2S2. The Hall–Kier alpha value is -3.36. The zero-order valence-electron chi connectivity index (χ0n) is 38.6. The van der Waals surface area contributed by atoms with Gasteiger partial charge in [-0.1, -0.05) is 59.7 Å². The first-order chi connectivity index (χ1) is 32.8. The molecule has 28 nitrogen and oxygen atoms in total. The number of carbonyl (C=O) groups excluding carboxylic acids is 2. The largest absolute Gasteiger partial charge is 0.471 e. The molecule has 0 aliphatic carbocycles. The number of hydrogen-bond acceptors (Lipinski definition) is 22. The number of carbonyl (C=O) groups is 2. The fraction of sp³-hybridized carbons (Fsp3) is 0.667. The zero-order chi connectivity index (χ0) is 51.9. The van der Waals surface area contributed by atoms with Gasteiger partial charge in [0.25, 0.3) is 11.8 Å². The Bertz CT molecular complexity index is 2430. The average Bonchev–Trinajstić information content (AvgIpc) is 4.13. The number of hydrogen-bond donors (Lipinski definition) is 10. The molecule has 0 spiro atoms. The third-order valence-electron chi connectivity index (χ3n) is 11.0. The van der Waals surface area contributed by atoms with Crippen LogP contribution in [0.3, 0.4) is 0 Å². The summed E-state index contributed by atoms with van der Waals surface area (Å²) in [6.07, 6.45) is 0.834. The Balaban J connectivity index is 0.000000261. The highest BCUT2D eigenvalue weighted by Crippen LogP contribution is 2.38. The number of phosphoric ester groups is 2. The number of nitrogens with zero attached hydrogens (tertiary/aromatic N) is 10. The van der Waals surface area contributed by atoms with E-state index in [-0.39, 0.29) is 32.0 Å². The Morgan fingerprint density at radius 2 is 1.16 bits per heavy atom. The van der Waals surface area contributed by atoms with Crippen molar-refractivity contribution in [2.24, 2.45) is 0 Å². The van der Waals surface area contributed by atoms with Gasteiger partial charge in [-0.15, -0.1) is 20.4 Å². The molecule has 2 aliphatic rings. The molecule has 6 atom stereocenters. The second kappa shape index (κ2) is 24.1. The number of imidazole rings is 2. The number of ether oxygens (including phenoxy) is 2. The molecule has 4 aromatic heterocycles. The molecule has 4 aromatic rings. The van der Waals surface area contributed by atoms with E-state index in [2.05, 4.69) is 50.0 Å². The topological polar surface area (TPSA) is 385 Å². The minimum atomic E-state index is -4.80. The zero-order valence-corrected chi connectivity index (χ0v) is 43.5. The van der Waals surface area contributed by atoms with Crippen LogP contribution in [0.2, 0.25) is 10.3 Å². The number of methoxy groups -OCH3 is 2. The van der Waals surface area contributed by atoms with Crippen LogP contribution in [-0.4, -0.2) is 169 Å². The molecule has 6 rings (SSSR count). The number of aryl methyl sites for hydroxylation is 1. The van der Waals surface area contributed by atoms with Gasteiger partial charge in [0, 0.05) is 40.4 Å². The van der Waals surface area contributed by atoms with Crippen molar-refractivity contribution in [3.63, 3.8) is 0 Å². The van der Waals surface area contributed by atoms with Gasteiger partial charge in [-0.2, -0.15) is 0 Å². The van der Waals surface area contributed by atoms with E-state index in [0.717, 1.165) is 27.2 Å². The molecule has 2 aliphatic heterocycles. The highest BCUT2D eigenvalue weighted by molar-refractivity contribution is 7.46. The summed E-state index contributed by atoms with van der Waals surface area (Å²) < 4.78 is 44.9. The molecule has 34 heteroatoms. The Labute approximate surface area is 418 Å². The van der Waals surface area contributed by atoms with E-state index >= 15 is 0 Å². The lowest BCUT2D eigenvalue weighted by Crippen LogP contribution is -2.55. The van der Waals surface area contributed by atoms with Gasteiger partial charge in [-0.05, 0) is 39.5 Å². The van der Waals surface area contributed by atoms with Gasteiger partial charge in [0.2, 0.25) is 21.9 Å². The molecular weight excluding hydrogens is 1050 g/mol. The number of anilines is 2. The number of nitrogens with one attached hydrogen (secondary N) is 2. The van der Waals surface area contributed by atoms with E-state index in [1.807, 2.05) is 9.80 Å². The smallest absolute Gasteiger partial charge is 0.393 e. The molecule has 0 bridgehead atoms. The summed E-state index contributed by atoms with van der Waals surface area (Å²) in [5, 5.41) is 62.7. The number of amides is 2. The van der Waals surface area contributed by atoms with Crippen LogP contribution in [0.1, 0.15) is 83.2 Å². The highest BCUT2D eigenvalue weighted by atomic mass is 35.5. The number of rotatable bonds is 20. The highest BCUT2D eigenvalue weighted by Gasteiger charge is 2.37. The fourth-order valence-corrected chi connectivity index (χ4v) is 10.1. The normalized spacial score (nSPS) is 20.6. The maximum Gasteiger partial charge on any atom is 0.471 e. The molecule has 2 fully saturated rings. The molecule has 0 aromatic carbocycles. The average molecular weight is 1110 g/mol. The molecule has 0 saturated carbocycles. The summed E-state index contributed by atoms with van der Waals surface area (Å²) in [6.45, 7) is 5.93. The van der Waals surface area contributed by atoms with Crippen molar-refractivity contribution >= 4 is 83.6 Å². The SMILES string of the molecule is CCc1c(Cl)nc(C(=O)N[C@@H]2CCN(c3nnc([C@](C)(O)CO)s3)C[C@@H]2OC)n1COP(=O)(O)O.CCc1nc(C(=O)N[C@@H]2CCN(c3nnc([C@](C)(O)CO)s3)C[C@@H]2OC)n(COP(=O)(O)O)c1Cl. The number of phosphoric acid groups is 2. The Morgan fingerprint density at radius 1 is 0.729 bits per heavy atom. The maximum atomic E-state index is 13.1. The number of piperidine rings is 2. The number of aliphatic hydroxyl groups is 4. The lowest BCUT2D eigenvalue weighted by molar-refractivity contribution is -0.00306. The van der Waals surface area contributed by atoms with Crippen LogP contribution < -0.4 is 20.4 Å². The van der Waals surface area contributed by atoms with Crippen molar-refractivity contribution in [3.8, 4) is 0 Å². The fourth-order valence-electron chi connectivity index (χ4n) is 7.08. The van der Waals surface area contributed by atoms with Gasteiger partial charge in [0.15, 0.2) is 15.2 Å². The van der Waals surface area contributed by atoms with Gasteiger partial charge < -0.3 is 69.9 Å². The minimum Gasteiger partial charge on any atom is -0.393 e. The Kier molecular flexibility index (Phi) is 19.8. The van der Waals surface area contributed by atoms with Crippen LogP contribution in [-0.2, 0) is 65.2 Å². The standard InChI is InChI=1S/2C18H28ClN6O8PS/c1-4-11-13(19)21-14(25(11)9-33-34(29,30)31)15(27)20-10-5-6-24(7-12(10)32-3)17-23-22-16(35-17)18(2,28)8-26;1-4-10-13(19)25(9-33-34(29,30)31)14(20-10)15(27)21-11-5-6-24(7-12(11)32-3)17-23-22-16(35-17)18(2,28)8-26/h10,12,26,28H,4-9H2,1-3H3,(H,20,27)(H2,29,30,31);11-12,26,28H,4-9H2,1-3H3,(H,21,27)(H2,29,30,31)/t10-,12+,18-;11-,12+,18-/m11/s1. The summed E-state index contributed by atoms with van der Waals surface area (Å²) >= 11 is 14.7. The predicted molar refractivity (Wildman–Crippen MR) is 250 cm³/mol. The summed E-state index contributed by atoms with van der Waals surface area (Å²) in [5.41, 5.74) is -2.20. The lowest BCUT2D eigenvalue weighted by atomic mass is 10.0. The predicted octanol–water partition coefficient (Wildman–Crippen LogP) is 0.481. The monoisotopic (exact) mass is 1110 g/mol. The van der Waals surface area contributed by atoms with E-state index in [1.165, 1.54) is 32.6 Å². The first-order valence-corrected chi connectivity index (χ1v) is 26.7. The Morgan fingerprint density at radius 3 is 1.54 bits per heavy atom. The van der Waals surface area contributed by atoms with E-state index in [9.17, 15) is 39.1 Å². The van der Waals surface area contributed by atoms with Crippen molar-refractivity contribution in [1.82, 2.24) is 50.1 Å². The second-order valence-electron chi connectivity index (χ2n) is 16.2. The summed E-state index contributed by atoms with van der Waals surface area (Å²) in [4.78, 5) is 74.4. The molecule has 0 radical (unpaired) electrons. The van der Waals surface area contributed by atoms with Crippen molar-refractivity contribution < 1.29 is 77.2 Å².